The van der Waals surface area contributed by atoms with Crippen LogP contribution in [0.1, 0.15) is 41.8 Å². The fourth-order valence-corrected chi connectivity index (χ4v) is 3.96. The van der Waals surface area contributed by atoms with Crippen LogP contribution in [0.4, 0.5) is 4.39 Å². The van der Waals surface area contributed by atoms with Gasteiger partial charge in [0.15, 0.2) is 0 Å². The molecular formula is C15H19FN2O2. The Morgan fingerprint density at radius 3 is 3.00 bits per heavy atom. The number of carbonyl (C=O) groups excluding carboxylic acids is 1. The van der Waals surface area contributed by atoms with E-state index in [0.717, 1.165) is 37.1 Å². The Morgan fingerprint density at radius 1 is 1.55 bits per heavy atom. The molecule has 3 rings (SSSR count). The van der Waals surface area contributed by atoms with E-state index in [-0.39, 0.29) is 16.9 Å². The van der Waals surface area contributed by atoms with E-state index in [1.807, 2.05) is 0 Å². The largest absolute Gasteiger partial charge is 0.293 e. The quantitative estimate of drug-likeness (QED) is 0.610. The maximum Gasteiger partial charge on any atom is 0.274 e. The lowest BCUT2D eigenvalue weighted by Crippen LogP contribution is -2.45. The number of nitrogens with one attached hydrogen (secondary N) is 1. The molecular weight excluding hydrogens is 259 g/mol. The zero-order valence-corrected chi connectivity index (χ0v) is 11.7. The molecule has 1 fully saturated rings. The zero-order chi connectivity index (χ0) is 14.5. The van der Waals surface area contributed by atoms with Crippen LogP contribution in [0.5, 0.6) is 0 Å². The van der Waals surface area contributed by atoms with Crippen molar-refractivity contribution in [2.45, 2.75) is 32.2 Å². The van der Waals surface area contributed by atoms with Crippen molar-refractivity contribution in [2.24, 2.45) is 5.92 Å². The van der Waals surface area contributed by atoms with Gasteiger partial charge in [-0.15, -0.1) is 0 Å². The summed E-state index contributed by atoms with van der Waals surface area (Å²) >= 11 is 0. The summed E-state index contributed by atoms with van der Waals surface area (Å²) in [5.74, 6) is -0.466. The highest BCUT2D eigenvalue weighted by Crippen LogP contribution is 2.46. The molecule has 1 aromatic rings. The van der Waals surface area contributed by atoms with E-state index in [4.69, 9.17) is 5.21 Å². The van der Waals surface area contributed by atoms with E-state index >= 15 is 0 Å². The summed E-state index contributed by atoms with van der Waals surface area (Å²) in [7, 11) is 0. The van der Waals surface area contributed by atoms with Gasteiger partial charge >= 0.3 is 0 Å². The Balaban J connectivity index is 2.11. The van der Waals surface area contributed by atoms with Gasteiger partial charge in [0.1, 0.15) is 5.82 Å². The Morgan fingerprint density at radius 2 is 2.30 bits per heavy atom. The lowest BCUT2D eigenvalue weighted by molar-refractivity contribution is 0.0705. The van der Waals surface area contributed by atoms with Crippen LogP contribution in [0, 0.1) is 11.7 Å². The molecule has 108 valence electrons. The van der Waals surface area contributed by atoms with Gasteiger partial charge in [0.2, 0.25) is 0 Å². The van der Waals surface area contributed by atoms with E-state index in [1.54, 1.807) is 11.5 Å². The summed E-state index contributed by atoms with van der Waals surface area (Å²) in [4.78, 5) is 13.8. The van der Waals surface area contributed by atoms with Crippen LogP contribution in [-0.2, 0) is 12.0 Å². The molecule has 0 radical (unpaired) electrons. The Hall–Kier alpha value is -1.46. The molecule has 2 atom stereocenters. The number of fused-ring (bicyclic) bond motifs is 3. The molecule has 2 heterocycles. The van der Waals surface area contributed by atoms with Crippen LogP contribution < -0.4 is 5.48 Å². The third kappa shape index (κ3) is 1.84. The van der Waals surface area contributed by atoms with Gasteiger partial charge in [-0.2, -0.15) is 0 Å². The monoisotopic (exact) mass is 278 g/mol. The number of halogens is 1. The first-order valence-electron chi connectivity index (χ1n) is 6.98. The van der Waals surface area contributed by atoms with Crippen molar-refractivity contribution < 1.29 is 14.4 Å². The molecule has 0 bridgehead atoms. The number of hydrogen-bond acceptors (Lipinski definition) is 3. The fraction of sp³-hybridized carbons (Fsp3) is 0.533. The fourth-order valence-electron chi connectivity index (χ4n) is 3.96. The molecule has 1 amide bonds. The molecule has 5 heteroatoms. The van der Waals surface area contributed by atoms with Gasteiger partial charge in [0, 0.05) is 29.8 Å². The highest BCUT2D eigenvalue weighted by Gasteiger charge is 2.46. The number of hydroxylamine groups is 1. The van der Waals surface area contributed by atoms with Gasteiger partial charge in [0.05, 0.1) is 0 Å². The predicted octanol–water partition coefficient (Wildman–Crippen LogP) is 2.06. The van der Waals surface area contributed by atoms with Crippen LogP contribution in [0.2, 0.25) is 0 Å². The van der Waals surface area contributed by atoms with Gasteiger partial charge in [-0.25, -0.2) is 9.87 Å². The smallest absolute Gasteiger partial charge is 0.274 e. The van der Waals surface area contributed by atoms with Crippen molar-refractivity contribution in [3.8, 4) is 0 Å². The van der Waals surface area contributed by atoms with Gasteiger partial charge in [-0.3, -0.25) is 14.9 Å². The minimum atomic E-state index is -0.668. The number of hydrogen-bond donors (Lipinski definition) is 2. The number of rotatable bonds is 1. The molecule has 20 heavy (non-hydrogen) atoms. The molecule has 1 saturated heterocycles. The lowest BCUT2D eigenvalue weighted by atomic mass is 9.79. The molecule has 1 aromatic carbocycles. The van der Waals surface area contributed by atoms with Crippen LogP contribution in [0.15, 0.2) is 12.1 Å². The normalized spacial score (nSPS) is 28.9. The van der Waals surface area contributed by atoms with Crippen molar-refractivity contribution >= 4 is 5.91 Å². The second-order valence-electron chi connectivity index (χ2n) is 6.21. The average molecular weight is 278 g/mol. The molecule has 0 aliphatic carbocycles. The van der Waals surface area contributed by atoms with Crippen LogP contribution in [0.3, 0.4) is 0 Å². The maximum atomic E-state index is 14.6. The van der Waals surface area contributed by atoms with Crippen molar-refractivity contribution in [1.82, 2.24) is 10.4 Å². The Kier molecular flexibility index (Phi) is 3.06. The van der Waals surface area contributed by atoms with Crippen LogP contribution in [0.25, 0.3) is 0 Å². The van der Waals surface area contributed by atoms with Crippen LogP contribution >= 0.6 is 0 Å². The molecule has 0 aromatic heterocycles. The standard InChI is InChI=1S/C15H19FN2O2/c1-9-7-15(2)13-10(3-4-18(15)8-9)5-11(6-12(13)16)14(19)17-20/h5-6,9,20H,3-4,7-8H2,1-2H3,(H,17,19)/t9-,15+/m1/s1. The highest BCUT2D eigenvalue weighted by atomic mass is 19.1. The Bertz CT molecular complexity index is 575. The van der Waals surface area contributed by atoms with Crippen molar-refractivity contribution in [1.29, 1.82) is 0 Å². The minimum absolute atomic E-state index is 0.173. The van der Waals surface area contributed by atoms with Crippen molar-refractivity contribution in [2.75, 3.05) is 13.1 Å². The molecule has 2 aliphatic rings. The average Bonchev–Trinajstić information content (AvgIpc) is 2.71. The first-order chi connectivity index (χ1) is 9.45. The number of benzene rings is 1. The number of carbonyl (C=O) groups is 1. The van der Waals surface area contributed by atoms with Crippen molar-refractivity contribution in [3.05, 3.63) is 34.6 Å². The van der Waals surface area contributed by atoms with Gasteiger partial charge in [-0.05, 0) is 43.4 Å². The topological polar surface area (TPSA) is 52.6 Å². The Labute approximate surface area is 117 Å². The van der Waals surface area contributed by atoms with E-state index in [1.165, 1.54) is 6.07 Å². The third-order valence-corrected chi connectivity index (χ3v) is 4.70. The maximum absolute atomic E-state index is 14.6. The molecule has 2 aliphatic heterocycles. The SMILES string of the molecule is C[C@H]1CN2CCc3cc(C(=O)NO)cc(F)c3[C@]2(C)C1. The van der Waals surface area contributed by atoms with Crippen LogP contribution in [-0.4, -0.2) is 29.1 Å². The summed E-state index contributed by atoms with van der Waals surface area (Å²) in [5, 5.41) is 8.69. The van der Waals surface area contributed by atoms with Crippen molar-refractivity contribution in [3.63, 3.8) is 0 Å². The van der Waals surface area contributed by atoms with Gasteiger partial charge in [0.25, 0.3) is 5.91 Å². The predicted molar refractivity (Wildman–Crippen MR) is 72.1 cm³/mol. The van der Waals surface area contributed by atoms with E-state index in [0.29, 0.717) is 5.92 Å². The second kappa shape index (κ2) is 4.53. The van der Waals surface area contributed by atoms with E-state index in [9.17, 15) is 9.18 Å². The summed E-state index contributed by atoms with van der Waals surface area (Å²) < 4.78 is 14.6. The molecule has 4 nitrogen and oxygen atoms in total. The summed E-state index contributed by atoms with van der Waals surface area (Å²) in [5.41, 5.74) is 3.07. The highest BCUT2D eigenvalue weighted by molar-refractivity contribution is 5.93. The summed E-state index contributed by atoms with van der Waals surface area (Å²) in [6, 6.07) is 2.93. The zero-order valence-electron chi connectivity index (χ0n) is 11.7. The second-order valence-corrected chi connectivity index (χ2v) is 6.21. The summed E-state index contributed by atoms with van der Waals surface area (Å²) in [6.07, 6.45) is 1.67. The molecule has 2 N–H and O–H groups in total. The molecule has 0 unspecified atom stereocenters. The minimum Gasteiger partial charge on any atom is -0.293 e. The first kappa shape index (κ1) is 13.5. The lowest BCUT2D eigenvalue weighted by Gasteiger charge is -2.41. The van der Waals surface area contributed by atoms with E-state index in [2.05, 4.69) is 18.7 Å². The molecule has 0 saturated carbocycles. The number of nitrogens with zero attached hydrogens (tertiary/aromatic N) is 1. The van der Waals surface area contributed by atoms with Gasteiger partial charge < -0.3 is 0 Å². The first-order valence-corrected chi connectivity index (χ1v) is 6.98. The number of amides is 1. The third-order valence-electron chi connectivity index (χ3n) is 4.70. The molecule has 0 spiro atoms. The van der Waals surface area contributed by atoms with Gasteiger partial charge in [-0.1, -0.05) is 6.92 Å². The summed E-state index contributed by atoms with van der Waals surface area (Å²) in [6.45, 7) is 6.16. The van der Waals surface area contributed by atoms with E-state index < -0.39 is 5.91 Å².